The van der Waals surface area contributed by atoms with Crippen LogP contribution in [0.15, 0.2) is 109 Å². The molecule has 1 radical (unpaired) electrons. The molecule has 445 valence electrons. The van der Waals surface area contributed by atoms with Gasteiger partial charge in [0.05, 0.1) is 85.3 Å². The molecule has 85 heavy (non-hydrogen) atoms. The Morgan fingerprint density at radius 3 is 0.424 bits per heavy atom. The van der Waals surface area contributed by atoms with Crippen molar-refractivity contribution in [2.75, 3.05) is 125 Å². The molecule has 18 nitrogen and oxygen atoms in total. The number of ether oxygens (including phenoxy) is 12. The van der Waals surface area contributed by atoms with Gasteiger partial charge in [0, 0.05) is 38.5 Å². The molecule has 0 aromatic heterocycles. The molecule has 0 saturated heterocycles. The van der Waals surface area contributed by atoms with E-state index in [9.17, 15) is 0 Å². The first-order valence-corrected chi connectivity index (χ1v) is 26.1. The van der Waals surface area contributed by atoms with Gasteiger partial charge in [0.2, 0.25) is 39.3 Å². The number of nitrogens with zero attached hydrogens (tertiary/aromatic N) is 6. The minimum absolute atomic E-state index is 0. The monoisotopic (exact) mass is 1240 g/mol. The maximum Gasteiger partial charge on any atom is 6.00 e. The Morgan fingerprint density at radius 2 is 0.329 bits per heavy atom. The van der Waals surface area contributed by atoms with Gasteiger partial charge in [-0.15, -0.1) is 0 Å². The van der Waals surface area contributed by atoms with E-state index < -0.39 is 0 Å². The standard InChI is InChI=1S/6C11H13NO2.Tc/c6*1-12-7-6-9-4-5-10(13-2)11(8-9)14-3;/h6*4-5,8H,6-7H2,2-3H3;/q;;;;;;+6. The Bertz CT molecular complexity index is 2600. The zero-order chi connectivity index (χ0) is 62.3. The molecule has 6 aromatic carbocycles. The molecule has 0 amide bonds. The van der Waals surface area contributed by atoms with Crippen molar-refractivity contribution in [3.05, 3.63) is 211 Å². The number of methoxy groups -OCH3 is 12. The molecule has 6 rings (SSSR count). The second kappa shape index (κ2) is 47.0. The average Bonchev–Trinajstić information content (AvgIpc) is 3.63. The molecule has 0 bridgehead atoms. The fraction of sp³-hybridized carbons (Fsp3) is 0.364. The van der Waals surface area contributed by atoms with E-state index in [2.05, 4.69) is 29.1 Å². The van der Waals surface area contributed by atoms with Gasteiger partial charge in [-0.25, -0.2) is 39.4 Å². The van der Waals surface area contributed by atoms with E-state index in [4.69, 9.17) is 96.3 Å². The van der Waals surface area contributed by atoms with Crippen LogP contribution in [0.3, 0.4) is 0 Å². The van der Waals surface area contributed by atoms with Gasteiger partial charge in [-0.05, 0) is 106 Å². The van der Waals surface area contributed by atoms with E-state index >= 15 is 0 Å². The first kappa shape index (κ1) is 75.5. The molecule has 0 heterocycles. The second-order valence-electron chi connectivity index (χ2n) is 16.9. The average molecular weight is 1250 g/mol. The van der Waals surface area contributed by atoms with Crippen molar-refractivity contribution in [1.29, 1.82) is 0 Å². The van der Waals surface area contributed by atoms with Gasteiger partial charge in [0.25, 0.3) is 0 Å². The van der Waals surface area contributed by atoms with Crippen molar-refractivity contribution in [2.45, 2.75) is 38.5 Å². The van der Waals surface area contributed by atoms with Crippen molar-refractivity contribution in [3.8, 4) is 69.0 Å². The van der Waals surface area contributed by atoms with Crippen LogP contribution in [-0.2, 0) is 58.6 Å². The van der Waals surface area contributed by atoms with Crippen LogP contribution in [0, 0.1) is 39.4 Å². The molecule has 0 N–H and O–H groups in total. The third kappa shape index (κ3) is 28.9. The van der Waals surface area contributed by atoms with Gasteiger partial charge < -0.3 is 85.9 Å². The predicted octanol–water partition coefficient (Wildman–Crippen LogP) is 13.0. The van der Waals surface area contributed by atoms with Gasteiger partial charge >= 0.3 is 20.1 Å². The summed E-state index contributed by atoms with van der Waals surface area (Å²) in [5.74, 6) is 8.63. The van der Waals surface area contributed by atoms with Crippen molar-refractivity contribution >= 4 is 0 Å². The summed E-state index contributed by atoms with van der Waals surface area (Å²) in [6.07, 6.45) is 4.52. The molecule has 0 saturated carbocycles. The van der Waals surface area contributed by atoms with Crippen LogP contribution in [0.5, 0.6) is 69.0 Å². The molecule has 0 unspecified atom stereocenters. The number of benzene rings is 6. The van der Waals surface area contributed by atoms with E-state index in [1.165, 1.54) is 0 Å². The summed E-state index contributed by atoms with van der Waals surface area (Å²) >= 11 is 0. The number of hydrogen-bond donors (Lipinski definition) is 0. The molecule has 0 aliphatic rings. The molecular weight excluding hydrogens is 1170 g/mol. The molecule has 0 atom stereocenters. The molecule has 6 aromatic rings. The largest absolute Gasteiger partial charge is 6.00 e. The minimum Gasteiger partial charge on any atom is -0.493 e. The van der Waals surface area contributed by atoms with Crippen LogP contribution in [0.1, 0.15) is 33.4 Å². The first-order chi connectivity index (χ1) is 40.9. The van der Waals surface area contributed by atoms with Crippen molar-refractivity contribution < 1.29 is 76.9 Å². The fourth-order valence-electron chi connectivity index (χ4n) is 7.33. The van der Waals surface area contributed by atoms with Gasteiger partial charge in [0.1, 0.15) is 0 Å². The summed E-state index contributed by atoms with van der Waals surface area (Å²) in [5.41, 5.74) is 6.58. The van der Waals surface area contributed by atoms with E-state index in [0.717, 1.165) is 141 Å². The van der Waals surface area contributed by atoms with Crippen LogP contribution in [0.4, 0.5) is 0 Å². The Morgan fingerprint density at radius 1 is 0.212 bits per heavy atom. The molecule has 0 aliphatic carbocycles. The number of hydrogen-bond acceptors (Lipinski definition) is 12. The van der Waals surface area contributed by atoms with Crippen molar-refractivity contribution in [2.24, 2.45) is 0 Å². The van der Waals surface area contributed by atoms with Gasteiger partial charge in [-0.1, -0.05) is 36.4 Å². The summed E-state index contributed by atoms with van der Waals surface area (Å²) in [5, 5.41) is 0. The maximum absolute atomic E-state index is 6.70. The first-order valence-electron chi connectivity index (χ1n) is 26.1. The zero-order valence-corrected chi connectivity index (χ0v) is 52.7. The smallest absolute Gasteiger partial charge is 0.493 e. The van der Waals surface area contributed by atoms with Crippen LogP contribution in [-0.4, -0.2) is 125 Å². The van der Waals surface area contributed by atoms with E-state index in [1.54, 1.807) is 85.3 Å². The van der Waals surface area contributed by atoms with Gasteiger partial charge in [0.15, 0.2) is 69.0 Å². The Balaban J connectivity index is 0.000000994. The van der Waals surface area contributed by atoms with Crippen molar-refractivity contribution in [3.63, 3.8) is 0 Å². The SMILES string of the molecule is [C-]#[N+]CCc1ccc(OC)c(OC)c1.[C-]#[N+]CCc1ccc(OC)c(OC)c1.[C-]#[N+]CCc1ccc(OC)c(OC)c1.[C-]#[N+]CCc1ccc(OC)c(OC)c1.[C-]#[N+]CCc1ccc(OC)c(OC)c1.[C-]#[N+]CCc1ccc(OC)c(OC)c1.[Tc+6]. The van der Waals surface area contributed by atoms with E-state index in [-0.39, 0.29) is 20.1 Å². The second-order valence-corrected chi connectivity index (χ2v) is 16.9. The minimum atomic E-state index is 0. The topological polar surface area (TPSA) is 137 Å². The summed E-state index contributed by atoms with van der Waals surface area (Å²) in [6, 6.07) is 34.3. The van der Waals surface area contributed by atoms with Crippen LogP contribution in [0.25, 0.3) is 29.1 Å². The zero-order valence-electron chi connectivity index (χ0n) is 50.8. The third-order valence-electron chi connectivity index (χ3n) is 11.8. The Labute approximate surface area is 517 Å². The Kier molecular flexibility index (Phi) is 41.8. The van der Waals surface area contributed by atoms with Gasteiger partial charge in [-0.3, -0.25) is 0 Å². The molecule has 0 spiro atoms. The van der Waals surface area contributed by atoms with E-state index in [1.807, 2.05) is 109 Å². The van der Waals surface area contributed by atoms with Crippen LogP contribution >= 0.6 is 0 Å². The van der Waals surface area contributed by atoms with Crippen LogP contribution < -0.4 is 56.8 Å². The van der Waals surface area contributed by atoms with E-state index in [0.29, 0.717) is 39.3 Å². The van der Waals surface area contributed by atoms with Gasteiger partial charge in [-0.2, -0.15) is 0 Å². The summed E-state index contributed by atoms with van der Waals surface area (Å²) in [6.45, 7) is 43.2. The predicted molar refractivity (Wildman–Crippen MR) is 328 cm³/mol. The molecular formula is C66H78N6O12Tc+6. The number of rotatable bonds is 24. The summed E-state index contributed by atoms with van der Waals surface area (Å²) < 4.78 is 61.6. The fourth-order valence-corrected chi connectivity index (χ4v) is 7.33. The quantitative estimate of drug-likeness (QED) is 0.0534. The van der Waals surface area contributed by atoms with Crippen LogP contribution in [0.2, 0.25) is 0 Å². The third-order valence-corrected chi connectivity index (χ3v) is 11.8. The summed E-state index contributed by atoms with van der Waals surface area (Å²) in [7, 11) is 19.3. The molecule has 0 aliphatic heterocycles. The summed E-state index contributed by atoms with van der Waals surface area (Å²) in [4.78, 5) is 19.8. The maximum atomic E-state index is 6.70. The van der Waals surface area contributed by atoms with Crippen molar-refractivity contribution in [1.82, 2.24) is 0 Å². The normalized spacial score (nSPS) is 9.11. The Hall–Kier alpha value is -9.49. The molecule has 19 heteroatoms. The molecule has 0 fully saturated rings.